The number of hydrogen-bond acceptors (Lipinski definition) is 4. The summed E-state index contributed by atoms with van der Waals surface area (Å²) >= 11 is 0. The quantitative estimate of drug-likeness (QED) is 0.874. The van der Waals surface area contributed by atoms with E-state index in [9.17, 15) is 0 Å². The normalized spacial score (nSPS) is 27.0. The van der Waals surface area contributed by atoms with Crippen molar-refractivity contribution in [2.75, 3.05) is 0 Å². The van der Waals surface area contributed by atoms with Gasteiger partial charge in [0.05, 0.1) is 6.04 Å². The summed E-state index contributed by atoms with van der Waals surface area (Å²) in [4.78, 5) is 0. The topological polar surface area (TPSA) is 51.0 Å². The molecule has 17 heavy (non-hydrogen) atoms. The first-order chi connectivity index (χ1) is 8.20. The lowest BCUT2D eigenvalue weighted by Crippen LogP contribution is -2.38. The Labute approximate surface area is 103 Å². The monoisotopic (exact) mass is 237 g/mol. The summed E-state index contributed by atoms with van der Waals surface area (Å²) in [6, 6.07) is 0.754. The Morgan fingerprint density at radius 3 is 2.76 bits per heavy atom. The molecule has 0 bridgehead atoms. The lowest BCUT2D eigenvalue weighted by molar-refractivity contribution is 0.249. The predicted octanol–water partition coefficient (Wildman–Crippen LogP) is 2.86. The first-order valence-electron chi connectivity index (χ1n) is 6.79. The van der Waals surface area contributed by atoms with Crippen molar-refractivity contribution in [3.05, 3.63) is 11.8 Å². The zero-order chi connectivity index (χ0) is 12.3. The Hall–Kier alpha value is -0.900. The number of rotatable bonds is 4. The van der Waals surface area contributed by atoms with Crippen molar-refractivity contribution < 1.29 is 4.42 Å². The molecule has 96 valence electrons. The molecule has 1 aromatic rings. The summed E-state index contributed by atoms with van der Waals surface area (Å²) in [7, 11) is 0. The molecular formula is C13H23N3O. The van der Waals surface area contributed by atoms with Crippen molar-refractivity contribution in [1.29, 1.82) is 0 Å². The van der Waals surface area contributed by atoms with Gasteiger partial charge in [-0.1, -0.05) is 26.7 Å². The molecule has 0 aliphatic heterocycles. The van der Waals surface area contributed by atoms with E-state index in [2.05, 4.69) is 29.4 Å². The molecule has 4 heteroatoms. The molecular weight excluding hydrogens is 214 g/mol. The molecule has 0 aromatic carbocycles. The Balaban J connectivity index is 1.93. The SMILES string of the molecule is CCc1nnc([C@H](C)N[C@@H]2CCCC[C@@H]2C)o1. The molecule has 1 aliphatic carbocycles. The molecule has 1 aliphatic rings. The lowest BCUT2D eigenvalue weighted by atomic mass is 9.85. The second-order valence-corrected chi connectivity index (χ2v) is 5.14. The Morgan fingerprint density at radius 2 is 2.12 bits per heavy atom. The minimum atomic E-state index is 0.161. The van der Waals surface area contributed by atoms with E-state index in [1.54, 1.807) is 0 Å². The maximum absolute atomic E-state index is 5.59. The molecule has 0 unspecified atom stereocenters. The van der Waals surface area contributed by atoms with E-state index in [1.165, 1.54) is 25.7 Å². The minimum absolute atomic E-state index is 0.161. The molecule has 1 fully saturated rings. The third-order valence-corrected chi connectivity index (χ3v) is 3.73. The summed E-state index contributed by atoms with van der Waals surface area (Å²) in [6.07, 6.45) is 6.10. The van der Waals surface area contributed by atoms with E-state index in [4.69, 9.17) is 4.42 Å². The van der Waals surface area contributed by atoms with Crippen LogP contribution in [0, 0.1) is 5.92 Å². The van der Waals surface area contributed by atoms with Crippen LogP contribution in [0.2, 0.25) is 0 Å². The molecule has 1 heterocycles. The summed E-state index contributed by atoms with van der Waals surface area (Å²) in [5, 5.41) is 11.7. The fourth-order valence-electron chi connectivity index (χ4n) is 2.54. The average molecular weight is 237 g/mol. The molecule has 1 saturated carbocycles. The van der Waals surface area contributed by atoms with Gasteiger partial charge in [0.2, 0.25) is 11.8 Å². The smallest absolute Gasteiger partial charge is 0.233 e. The van der Waals surface area contributed by atoms with Crippen molar-refractivity contribution in [2.24, 2.45) is 5.92 Å². The van der Waals surface area contributed by atoms with Crippen LogP contribution in [0.5, 0.6) is 0 Å². The molecule has 0 amide bonds. The van der Waals surface area contributed by atoms with E-state index in [0.29, 0.717) is 6.04 Å². The highest BCUT2D eigenvalue weighted by atomic mass is 16.4. The highest BCUT2D eigenvalue weighted by Gasteiger charge is 2.24. The van der Waals surface area contributed by atoms with Crippen molar-refractivity contribution in [3.8, 4) is 0 Å². The van der Waals surface area contributed by atoms with Crippen LogP contribution in [0.1, 0.15) is 64.3 Å². The largest absolute Gasteiger partial charge is 0.424 e. The Kier molecular flexibility index (Phi) is 4.15. The van der Waals surface area contributed by atoms with Gasteiger partial charge in [-0.2, -0.15) is 0 Å². The average Bonchev–Trinajstić information content (AvgIpc) is 2.81. The molecule has 4 nitrogen and oxygen atoms in total. The Morgan fingerprint density at radius 1 is 1.35 bits per heavy atom. The Bertz CT molecular complexity index is 350. The van der Waals surface area contributed by atoms with Gasteiger partial charge >= 0.3 is 0 Å². The van der Waals surface area contributed by atoms with E-state index < -0.39 is 0 Å². The standard InChI is InChI=1S/C13H23N3O/c1-4-12-15-16-13(17-12)10(3)14-11-8-6-5-7-9(11)2/h9-11,14H,4-8H2,1-3H3/t9-,10-,11+/m0/s1. The van der Waals surface area contributed by atoms with Crippen molar-refractivity contribution in [3.63, 3.8) is 0 Å². The van der Waals surface area contributed by atoms with Crippen LogP contribution >= 0.6 is 0 Å². The van der Waals surface area contributed by atoms with Crippen molar-refractivity contribution in [2.45, 2.75) is 65.0 Å². The van der Waals surface area contributed by atoms with Gasteiger partial charge in [-0.05, 0) is 25.7 Å². The lowest BCUT2D eigenvalue weighted by Gasteiger charge is -2.31. The first kappa shape index (κ1) is 12.6. The third-order valence-electron chi connectivity index (χ3n) is 3.73. The maximum atomic E-state index is 5.59. The van der Waals surface area contributed by atoms with Gasteiger partial charge in [-0.3, -0.25) is 0 Å². The summed E-state index contributed by atoms with van der Waals surface area (Å²) in [5.74, 6) is 2.20. The summed E-state index contributed by atoms with van der Waals surface area (Å²) in [6.45, 7) is 6.46. The van der Waals surface area contributed by atoms with Crippen LogP contribution in [0.15, 0.2) is 4.42 Å². The van der Waals surface area contributed by atoms with Crippen LogP contribution in [0.4, 0.5) is 0 Å². The van der Waals surface area contributed by atoms with Gasteiger partial charge in [-0.15, -0.1) is 10.2 Å². The van der Waals surface area contributed by atoms with Gasteiger partial charge in [-0.25, -0.2) is 0 Å². The van der Waals surface area contributed by atoms with Gasteiger partial charge < -0.3 is 9.73 Å². The second-order valence-electron chi connectivity index (χ2n) is 5.14. The summed E-state index contributed by atoms with van der Waals surface area (Å²) in [5.41, 5.74) is 0. The molecule has 1 N–H and O–H groups in total. The highest BCUT2D eigenvalue weighted by Crippen LogP contribution is 2.26. The van der Waals surface area contributed by atoms with Gasteiger partial charge in [0, 0.05) is 12.5 Å². The van der Waals surface area contributed by atoms with Crippen molar-refractivity contribution in [1.82, 2.24) is 15.5 Å². The van der Waals surface area contributed by atoms with Gasteiger partial charge in [0.15, 0.2) is 0 Å². The number of aryl methyl sites for hydroxylation is 1. The fraction of sp³-hybridized carbons (Fsp3) is 0.846. The van der Waals surface area contributed by atoms with Crippen molar-refractivity contribution >= 4 is 0 Å². The van der Waals surface area contributed by atoms with E-state index in [-0.39, 0.29) is 6.04 Å². The van der Waals surface area contributed by atoms with E-state index in [1.807, 2.05) is 6.92 Å². The summed E-state index contributed by atoms with van der Waals surface area (Å²) < 4.78 is 5.59. The highest BCUT2D eigenvalue weighted by molar-refractivity contribution is 4.91. The van der Waals surface area contributed by atoms with Crippen LogP contribution in [0.25, 0.3) is 0 Å². The molecule has 0 radical (unpaired) electrons. The van der Waals surface area contributed by atoms with E-state index >= 15 is 0 Å². The third kappa shape index (κ3) is 3.06. The maximum Gasteiger partial charge on any atom is 0.233 e. The molecule has 3 atom stereocenters. The van der Waals surface area contributed by atoms with Crippen LogP contribution in [0.3, 0.4) is 0 Å². The van der Waals surface area contributed by atoms with E-state index in [0.717, 1.165) is 24.1 Å². The van der Waals surface area contributed by atoms with Crippen LogP contribution in [-0.4, -0.2) is 16.2 Å². The minimum Gasteiger partial charge on any atom is -0.424 e. The van der Waals surface area contributed by atoms with Crippen LogP contribution in [-0.2, 0) is 6.42 Å². The number of nitrogens with zero attached hydrogens (tertiary/aromatic N) is 2. The molecule has 0 saturated heterocycles. The number of hydrogen-bond donors (Lipinski definition) is 1. The number of nitrogens with one attached hydrogen (secondary N) is 1. The van der Waals surface area contributed by atoms with Crippen LogP contribution < -0.4 is 5.32 Å². The predicted molar refractivity (Wildman–Crippen MR) is 66.6 cm³/mol. The molecule has 0 spiro atoms. The molecule has 2 rings (SSSR count). The fourth-order valence-corrected chi connectivity index (χ4v) is 2.54. The zero-order valence-corrected chi connectivity index (χ0v) is 11.1. The number of aromatic nitrogens is 2. The first-order valence-corrected chi connectivity index (χ1v) is 6.79. The second kappa shape index (κ2) is 5.63. The molecule has 1 aromatic heterocycles. The van der Waals surface area contributed by atoms with Gasteiger partial charge in [0.1, 0.15) is 0 Å². The zero-order valence-electron chi connectivity index (χ0n) is 11.1. The van der Waals surface area contributed by atoms with Gasteiger partial charge in [0.25, 0.3) is 0 Å².